The molecule has 88 valence electrons. The van der Waals surface area contributed by atoms with Gasteiger partial charge in [-0.1, -0.05) is 12.8 Å². The average Bonchev–Trinajstić information content (AvgIpc) is 2.80. The first-order valence-corrected chi connectivity index (χ1v) is 5.64. The molecule has 0 amide bonds. The van der Waals surface area contributed by atoms with Crippen LogP contribution >= 0.6 is 0 Å². The second-order valence-electron chi connectivity index (χ2n) is 4.15. The monoisotopic (exact) mass is 224 g/mol. The van der Waals surface area contributed by atoms with Gasteiger partial charge in [-0.05, 0) is 25.0 Å². The van der Waals surface area contributed by atoms with Crippen LogP contribution in [0.25, 0.3) is 0 Å². The van der Waals surface area contributed by atoms with Crippen LogP contribution in [0.15, 0.2) is 22.8 Å². The Morgan fingerprint density at radius 3 is 3.00 bits per heavy atom. The van der Waals surface area contributed by atoms with Crippen molar-refractivity contribution in [3.63, 3.8) is 0 Å². The average molecular weight is 224 g/mol. The van der Waals surface area contributed by atoms with Crippen molar-refractivity contribution in [1.29, 1.82) is 0 Å². The van der Waals surface area contributed by atoms with Crippen molar-refractivity contribution < 1.29 is 19.1 Å². The van der Waals surface area contributed by atoms with Crippen molar-refractivity contribution in [1.82, 2.24) is 0 Å². The lowest BCUT2D eigenvalue weighted by atomic mass is 9.85. The van der Waals surface area contributed by atoms with Crippen LogP contribution < -0.4 is 0 Å². The number of carboxylic acids is 1. The first-order chi connectivity index (χ1) is 7.77. The normalized spacial score (nSPS) is 25.5. The Bertz CT molecular complexity index is 331. The largest absolute Gasteiger partial charge is 0.480 e. The van der Waals surface area contributed by atoms with Gasteiger partial charge in [0.15, 0.2) is 0 Å². The molecule has 0 radical (unpaired) electrons. The second-order valence-corrected chi connectivity index (χ2v) is 4.15. The number of carboxylic acid groups (broad SMARTS) is 1. The molecule has 1 heterocycles. The third kappa shape index (κ3) is 2.64. The number of hydrogen-bond donors (Lipinski definition) is 1. The Kier molecular flexibility index (Phi) is 3.62. The molecule has 4 heteroatoms. The Morgan fingerprint density at radius 1 is 1.50 bits per heavy atom. The molecule has 0 aromatic carbocycles. The predicted octanol–water partition coefficient (Wildman–Crippen LogP) is 2.41. The highest BCUT2D eigenvalue weighted by Crippen LogP contribution is 2.35. The smallest absolute Gasteiger partial charge is 0.329 e. The van der Waals surface area contributed by atoms with Crippen molar-refractivity contribution in [2.75, 3.05) is 6.61 Å². The van der Waals surface area contributed by atoms with Crippen LogP contribution in [0.5, 0.6) is 0 Å². The minimum Gasteiger partial charge on any atom is -0.480 e. The van der Waals surface area contributed by atoms with E-state index in [0.717, 1.165) is 31.4 Å². The zero-order valence-electron chi connectivity index (χ0n) is 9.09. The van der Waals surface area contributed by atoms with E-state index in [-0.39, 0.29) is 18.6 Å². The predicted molar refractivity (Wildman–Crippen MR) is 57.3 cm³/mol. The van der Waals surface area contributed by atoms with Crippen LogP contribution in [0.3, 0.4) is 0 Å². The summed E-state index contributed by atoms with van der Waals surface area (Å²) in [6.45, 7) is -0.220. The lowest BCUT2D eigenvalue weighted by molar-refractivity contribution is -0.145. The lowest BCUT2D eigenvalue weighted by Crippen LogP contribution is -2.28. The number of hydrogen-bond acceptors (Lipinski definition) is 3. The summed E-state index contributed by atoms with van der Waals surface area (Å²) in [5.74, 6) is 0.210. The van der Waals surface area contributed by atoms with Gasteiger partial charge in [-0.2, -0.15) is 0 Å². The first-order valence-electron chi connectivity index (χ1n) is 5.64. The lowest BCUT2D eigenvalue weighted by Gasteiger charge is -2.29. The Labute approximate surface area is 94.2 Å². The SMILES string of the molecule is O=C(O)COC1CCCCC1c1ccco1. The maximum Gasteiger partial charge on any atom is 0.329 e. The standard InChI is InChI=1S/C12H16O4/c13-12(14)8-16-11-5-2-1-4-9(11)10-6-3-7-15-10/h3,6-7,9,11H,1-2,4-5,8H2,(H,13,14). The van der Waals surface area contributed by atoms with Crippen LogP contribution in [0.4, 0.5) is 0 Å². The molecule has 2 rings (SSSR count). The number of carbonyl (C=O) groups is 1. The zero-order valence-corrected chi connectivity index (χ0v) is 9.09. The third-order valence-corrected chi connectivity index (χ3v) is 3.03. The zero-order chi connectivity index (χ0) is 11.4. The molecular formula is C12H16O4. The van der Waals surface area contributed by atoms with E-state index in [2.05, 4.69) is 0 Å². The maximum atomic E-state index is 10.5. The molecule has 1 fully saturated rings. The molecule has 16 heavy (non-hydrogen) atoms. The summed E-state index contributed by atoms with van der Waals surface area (Å²) in [4.78, 5) is 10.5. The van der Waals surface area contributed by atoms with Gasteiger partial charge in [0.25, 0.3) is 0 Å². The van der Waals surface area contributed by atoms with Gasteiger partial charge < -0.3 is 14.3 Å². The number of furan rings is 1. The maximum absolute atomic E-state index is 10.5. The molecule has 0 saturated heterocycles. The van der Waals surface area contributed by atoms with E-state index in [4.69, 9.17) is 14.3 Å². The summed E-state index contributed by atoms with van der Waals surface area (Å²) >= 11 is 0. The van der Waals surface area contributed by atoms with Gasteiger partial charge in [0.1, 0.15) is 12.4 Å². The fraction of sp³-hybridized carbons (Fsp3) is 0.583. The van der Waals surface area contributed by atoms with Gasteiger partial charge in [-0.3, -0.25) is 0 Å². The number of rotatable bonds is 4. The van der Waals surface area contributed by atoms with E-state index in [1.165, 1.54) is 0 Å². The topological polar surface area (TPSA) is 59.7 Å². The summed E-state index contributed by atoms with van der Waals surface area (Å²) in [6.07, 6.45) is 5.81. The van der Waals surface area contributed by atoms with Gasteiger partial charge in [-0.25, -0.2) is 4.79 Å². The molecule has 1 N–H and O–H groups in total. The van der Waals surface area contributed by atoms with Gasteiger partial charge in [0.2, 0.25) is 0 Å². The van der Waals surface area contributed by atoms with E-state index < -0.39 is 5.97 Å². The molecule has 0 bridgehead atoms. The third-order valence-electron chi connectivity index (χ3n) is 3.03. The molecule has 2 atom stereocenters. The summed E-state index contributed by atoms with van der Waals surface area (Å²) in [5, 5.41) is 8.61. The molecule has 1 aromatic heterocycles. The molecule has 4 nitrogen and oxygen atoms in total. The molecule has 1 saturated carbocycles. The quantitative estimate of drug-likeness (QED) is 0.853. The molecular weight excluding hydrogens is 208 g/mol. The number of ether oxygens (including phenoxy) is 1. The van der Waals surface area contributed by atoms with E-state index >= 15 is 0 Å². The highest BCUT2D eigenvalue weighted by atomic mass is 16.5. The summed E-state index contributed by atoms with van der Waals surface area (Å²) in [6, 6.07) is 3.80. The minimum atomic E-state index is -0.913. The van der Waals surface area contributed by atoms with Crippen molar-refractivity contribution in [2.45, 2.75) is 37.7 Å². The van der Waals surface area contributed by atoms with Crippen molar-refractivity contribution in [2.24, 2.45) is 0 Å². The molecule has 0 spiro atoms. The van der Waals surface area contributed by atoms with Crippen LogP contribution in [0.1, 0.15) is 37.4 Å². The van der Waals surface area contributed by atoms with Crippen LogP contribution in [0.2, 0.25) is 0 Å². The molecule has 0 aliphatic heterocycles. The first kappa shape index (κ1) is 11.2. The fourth-order valence-electron chi connectivity index (χ4n) is 2.30. The van der Waals surface area contributed by atoms with Crippen molar-refractivity contribution in [3.8, 4) is 0 Å². The fourth-order valence-corrected chi connectivity index (χ4v) is 2.30. The molecule has 2 unspecified atom stereocenters. The van der Waals surface area contributed by atoms with Gasteiger partial charge in [0, 0.05) is 5.92 Å². The van der Waals surface area contributed by atoms with E-state index in [1.54, 1.807) is 6.26 Å². The molecule has 1 aliphatic rings. The van der Waals surface area contributed by atoms with Crippen molar-refractivity contribution >= 4 is 5.97 Å². The molecule has 1 aliphatic carbocycles. The van der Waals surface area contributed by atoms with E-state index in [0.29, 0.717) is 0 Å². The van der Waals surface area contributed by atoms with Gasteiger partial charge in [-0.15, -0.1) is 0 Å². The highest BCUT2D eigenvalue weighted by Gasteiger charge is 2.29. The highest BCUT2D eigenvalue weighted by molar-refractivity contribution is 5.68. The second kappa shape index (κ2) is 5.16. The summed E-state index contributed by atoms with van der Waals surface area (Å²) in [7, 11) is 0. The van der Waals surface area contributed by atoms with E-state index in [9.17, 15) is 4.79 Å². The van der Waals surface area contributed by atoms with Crippen molar-refractivity contribution in [3.05, 3.63) is 24.2 Å². The van der Waals surface area contributed by atoms with Crippen LogP contribution in [-0.4, -0.2) is 23.8 Å². The number of aliphatic carboxylic acids is 1. The summed E-state index contributed by atoms with van der Waals surface area (Å²) < 4.78 is 10.8. The Morgan fingerprint density at radius 2 is 2.31 bits per heavy atom. The van der Waals surface area contributed by atoms with E-state index in [1.807, 2.05) is 12.1 Å². The van der Waals surface area contributed by atoms with Crippen LogP contribution in [0, 0.1) is 0 Å². The summed E-state index contributed by atoms with van der Waals surface area (Å²) in [5.41, 5.74) is 0. The Balaban J connectivity index is 2.00. The van der Waals surface area contributed by atoms with Gasteiger partial charge >= 0.3 is 5.97 Å². The molecule has 1 aromatic rings. The van der Waals surface area contributed by atoms with Crippen LogP contribution in [-0.2, 0) is 9.53 Å². The Hall–Kier alpha value is -1.29. The minimum absolute atomic E-state index is 0.0176. The van der Waals surface area contributed by atoms with Gasteiger partial charge in [0.05, 0.1) is 12.4 Å².